The van der Waals surface area contributed by atoms with Gasteiger partial charge in [-0.05, 0) is 48.6 Å². The van der Waals surface area contributed by atoms with E-state index in [0.717, 1.165) is 35.2 Å². The zero-order chi connectivity index (χ0) is 21.8. The Morgan fingerprint density at radius 1 is 1.19 bits per heavy atom. The number of hydrogen-bond donors (Lipinski definition) is 1. The summed E-state index contributed by atoms with van der Waals surface area (Å²) in [7, 11) is 0. The molecular formula is C22H22F3N5O. The van der Waals surface area contributed by atoms with Crippen molar-refractivity contribution in [3.63, 3.8) is 0 Å². The monoisotopic (exact) mass is 429 g/mol. The summed E-state index contributed by atoms with van der Waals surface area (Å²) in [6.45, 7) is 0.705. The summed E-state index contributed by atoms with van der Waals surface area (Å²) in [5, 5.41) is 0. The fourth-order valence-corrected chi connectivity index (χ4v) is 4.56. The maximum absolute atomic E-state index is 13.2. The number of aryl methyl sites for hydroxylation is 1. The number of amides is 1. The van der Waals surface area contributed by atoms with Crippen molar-refractivity contribution >= 4 is 22.6 Å². The van der Waals surface area contributed by atoms with Gasteiger partial charge in [-0.3, -0.25) is 9.78 Å². The second kappa shape index (κ2) is 7.05. The molecule has 3 aromatic rings. The van der Waals surface area contributed by atoms with Crippen LogP contribution in [0.25, 0.3) is 11.0 Å². The number of nitrogens with two attached hydrogens (primary N) is 1. The third-order valence-corrected chi connectivity index (χ3v) is 6.28. The van der Waals surface area contributed by atoms with E-state index in [4.69, 9.17) is 5.73 Å². The summed E-state index contributed by atoms with van der Waals surface area (Å²) in [6, 6.07) is 7.43. The Morgan fingerprint density at radius 3 is 2.71 bits per heavy atom. The lowest BCUT2D eigenvalue weighted by molar-refractivity contribution is -0.135. The number of imidazole rings is 1. The van der Waals surface area contributed by atoms with Crippen molar-refractivity contribution in [2.45, 2.75) is 56.9 Å². The summed E-state index contributed by atoms with van der Waals surface area (Å²) in [5.41, 5.74) is 9.33. The summed E-state index contributed by atoms with van der Waals surface area (Å²) in [4.78, 5) is 23.8. The standard InChI is InChI=1S/C22H22F3N5O/c23-22(24,25)5-1-9-29-17-3-2-14(11-26)10-16(17)28-19(29)13-30-18-12-27-8-4-15(18)21(6-7-21)20(30)31/h2-4,8,10,12H,1,5-7,9,11,13,26H2. The van der Waals surface area contributed by atoms with E-state index in [0.29, 0.717) is 17.9 Å². The SMILES string of the molecule is NCc1ccc2c(c1)nc(CN1C(=O)C3(CC3)c3ccncc31)n2CCCC(F)(F)F. The van der Waals surface area contributed by atoms with Gasteiger partial charge in [-0.15, -0.1) is 0 Å². The molecule has 3 heterocycles. The molecule has 1 amide bonds. The topological polar surface area (TPSA) is 77.0 Å². The van der Waals surface area contributed by atoms with Gasteiger partial charge in [0.2, 0.25) is 5.91 Å². The number of benzene rings is 1. The Labute approximate surface area is 176 Å². The summed E-state index contributed by atoms with van der Waals surface area (Å²) in [6.07, 6.45) is -0.151. The molecule has 1 aliphatic heterocycles. The molecule has 31 heavy (non-hydrogen) atoms. The summed E-state index contributed by atoms with van der Waals surface area (Å²) < 4.78 is 40.0. The molecule has 0 radical (unpaired) electrons. The average molecular weight is 429 g/mol. The van der Waals surface area contributed by atoms with Crippen LogP contribution in [0.4, 0.5) is 18.9 Å². The summed E-state index contributed by atoms with van der Waals surface area (Å²) >= 11 is 0. The zero-order valence-electron chi connectivity index (χ0n) is 16.8. The van der Waals surface area contributed by atoms with Crippen molar-refractivity contribution in [3.05, 3.63) is 53.6 Å². The van der Waals surface area contributed by atoms with Crippen molar-refractivity contribution in [2.24, 2.45) is 5.73 Å². The van der Waals surface area contributed by atoms with Crippen molar-refractivity contribution in [1.29, 1.82) is 0 Å². The average Bonchev–Trinajstić information content (AvgIpc) is 3.43. The number of halogens is 3. The van der Waals surface area contributed by atoms with Gasteiger partial charge in [0.15, 0.2) is 0 Å². The molecule has 1 saturated carbocycles. The van der Waals surface area contributed by atoms with Crippen molar-refractivity contribution in [1.82, 2.24) is 14.5 Å². The van der Waals surface area contributed by atoms with Crippen molar-refractivity contribution < 1.29 is 18.0 Å². The third kappa shape index (κ3) is 3.37. The molecule has 2 aromatic heterocycles. The highest BCUT2D eigenvalue weighted by atomic mass is 19.4. The van der Waals surface area contributed by atoms with Gasteiger partial charge in [0.25, 0.3) is 0 Å². The van der Waals surface area contributed by atoms with Gasteiger partial charge >= 0.3 is 6.18 Å². The molecular weight excluding hydrogens is 407 g/mol. The molecule has 2 N–H and O–H groups in total. The molecule has 6 nitrogen and oxygen atoms in total. The lowest BCUT2D eigenvalue weighted by Crippen LogP contribution is -2.32. The minimum Gasteiger partial charge on any atom is -0.326 e. The van der Waals surface area contributed by atoms with Crippen LogP contribution in [0.5, 0.6) is 0 Å². The first-order chi connectivity index (χ1) is 14.8. The van der Waals surface area contributed by atoms with Crippen LogP contribution in [0.15, 0.2) is 36.7 Å². The Hall–Kier alpha value is -2.94. The minimum absolute atomic E-state index is 0.0204. The first-order valence-electron chi connectivity index (χ1n) is 10.3. The Balaban J connectivity index is 1.51. The summed E-state index contributed by atoms with van der Waals surface area (Å²) in [5.74, 6) is 0.583. The first kappa shape index (κ1) is 20.0. The molecule has 9 heteroatoms. The van der Waals surface area contributed by atoms with E-state index >= 15 is 0 Å². The quantitative estimate of drug-likeness (QED) is 0.647. The Kier molecular flexibility index (Phi) is 4.55. The number of pyridine rings is 1. The number of aromatic nitrogens is 3. The number of fused-ring (bicyclic) bond motifs is 3. The van der Waals surface area contributed by atoms with Gasteiger partial charge in [-0.25, -0.2) is 4.98 Å². The zero-order valence-corrected chi connectivity index (χ0v) is 16.8. The van der Waals surface area contributed by atoms with Gasteiger partial charge in [0, 0.05) is 25.7 Å². The highest BCUT2D eigenvalue weighted by molar-refractivity contribution is 6.09. The van der Waals surface area contributed by atoms with Crippen molar-refractivity contribution in [3.8, 4) is 0 Å². The molecule has 5 rings (SSSR count). The van der Waals surface area contributed by atoms with Crippen LogP contribution in [0.1, 0.15) is 42.6 Å². The predicted molar refractivity (Wildman–Crippen MR) is 109 cm³/mol. The number of carbonyl (C=O) groups is 1. The van der Waals surface area contributed by atoms with Gasteiger partial charge in [0.05, 0.1) is 34.9 Å². The van der Waals surface area contributed by atoms with Gasteiger partial charge in [0.1, 0.15) is 5.82 Å². The lowest BCUT2D eigenvalue weighted by atomic mass is 9.99. The maximum Gasteiger partial charge on any atom is 0.389 e. The smallest absolute Gasteiger partial charge is 0.326 e. The molecule has 1 spiro atoms. The van der Waals surface area contributed by atoms with E-state index in [2.05, 4.69) is 9.97 Å². The van der Waals surface area contributed by atoms with Crippen LogP contribution in [0.3, 0.4) is 0 Å². The number of anilines is 1. The van der Waals surface area contributed by atoms with Crippen LogP contribution >= 0.6 is 0 Å². The Morgan fingerprint density at radius 2 is 2.00 bits per heavy atom. The number of nitrogens with zero attached hydrogens (tertiary/aromatic N) is 4. The van der Waals surface area contributed by atoms with Crippen LogP contribution in [0.2, 0.25) is 0 Å². The maximum atomic E-state index is 13.2. The highest BCUT2D eigenvalue weighted by Crippen LogP contribution is 2.57. The lowest BCUT2D eigenvalue weighted by Gasteiger charge is -2.19. The largest absolute Gasteiger partial charge is 0.389 e. The second-order valence-corrected chi connectivity index (χ2v) is 8.29. The van der Waals surface area contributed by atoms with Crippen LogP contribution in [0, 0.1) is 0 Å². The highest BCUT2D eigenvalue weighted by Gasteiger charge is 2.59. The van der Waals surface area contributed by atoms with Gasteiger partial charge < -0.3 is 15.2 Å². The molecule has 1 aromatic carbocycles. The van der Waals surface area contributed by atoms with E-state index in [1.165, 1.54) is 0 Å². The van der Waals surface area contributed by atoms with E-state index in [9.17, 15) is 18.0 Å². The van der Waals surface area contributed by atoms with Crippen LogP contribution in [-0.4, -0.2) is 26.6 Å². The van der Waals surface area contributed by atoms with Crippen LogP contribution in [-0.2, 0) is 29.8 Å². The molecule has 2 aliphatic rings. The Bertz CT molecular complexity index is 1170. The van der Waals surface area contributed by atoms with E-state index in [-0.39, 0.29) is 25.4 Å². The van der Waals surface area contributed by atoms with Gasteiger partial charge in [-0.2, -0.15) is 13.2 Å². The number of carbonyl (C=O) groups excluding carboxylic acids is 1. The minimum atomic E-state index is -4.21. The molecule has 162 valence electrons. The molecule has 0 saturated heterocycles. The van der Waals surface area contributed by atoms with E-state index in [1.54, 1.807) is 21.9 Å². The number of rotatable bonds is 6. The molecule has 1 aliphatic carbocycles. The molecule has 0 atom stereocenters. The third-order valence-electron chi connectivity index (χ3n) is 6.28. The van der Waals surface area contributed by atoms with Crippen molar-refractivity contribution in [2.75, 3.05) is 4.90 Å². The fraction of sp³-hybridized carbons (Fsp3) is 0.409. The number of hydrogen-bond acceptors (Lipinski definition) is 4. The van der Waals surface area contributed by atoms with Crippen LogP contribution < -0.4 is 10.6 Å². The van der Waals surface area contributed by atoms with E-state index in [1.807, 2.05) is 24.3 Å². The number of alkyl halides is 3. The van der Waals surface area contributed by atoms with E-state index < -0.39 is 18.0 Å². The van der Waals surface area contributed by atoms with Gasteiger partial charge in [-0.1, -0.05) is 6.07 Å². The fourth-order valence-electron chi connectivity index (χ4n) is 4.56. The molecule has 1 fully saturated rings. The normalized spacial score (nSPS) is 17.0. The molecule has 0 unspecified atom stereocenters. The molecule has 0 bridgehead atoms. The second-order valence-electron chi connectivity index (χ2n) is 8.29. The first-order valence-corrected chi connectivity index (χ1v) is 10.3. The predicted octanol–water partition coefficient (Wildman–Crippen LogP) is 3.81.